The lowest BCUT2D eigenvalue weighted by Gasteiger charge is -2.08. The molecule has 24 heavy (non-hydrogen) atoms. The fourth-order valence-corrected chi connectivity index (χ4v) is 2.28. The summed E-state index contributed by atoms with van der Waals surface area (Å²) in [6, 6.07) is 7.83. The summed E-state index contributed by atoms with van der Waals surface area (Å²) in [4.78, 5) is 11.6. The number of aryl methyl sites for hydroxylation is 2. The lowest BCUT2D eigenvalue weighted by Crippen LogP contribution is -2.24. The van der Waals surface area contributed by atoms with Crippen LogP contribution < -0.4 is 10.2 Å². The summed E-state index contributed by atoms with van der Waals surface area (Å²) in [5, 5.41) is 2.88. The molecule has 0 unspecified atom stereocenters. The predicted octanol–water partition coefficient (Wildman–Crippen LogP) is 1.33. The second-order valence-electron chi connectivity index (χ2n) is 4.96. The highest BCUT2D eigenvalue weighted by atomic mass is 32.2. The van der Waals surface area contributed by atoms with Gasteiger partial charge < -0.3 is 13.7 Å². The van der Waals surface area contributed by atoms with Crippen LogP contribution in [0.2, 0.25) is 0 Å². The fraction of sp³-hybridized carbons (Fsp3) is 0.200. The van der Waals surface area contributed by atoms with Crippen molar-refractivity contribution in [2.24, 2.45) is 5.10 Å². The van der Waals surface area contributed by atoms with Crippen LogP contribution in [0.4, 0.5) is 0 Å². The third-order valence-corrected chi connectivity index (χ3v) is 3.63. The molecule has 0 atom stereocenters. The van der Waals surface area contributed by atoms with Crippen LogP contribution in [-0.2, 0) is 14.9 Å². The Bertz CT molecular complexity index is 870. The lowest BCUT2D eigenvalue weighted by molar-refractivity contribution is -0.123. The first-order valence-electron chi connectivity index (χ1n) is 6.83. The summed E-state index contributed by atoms with van der Waals surface area (Å²) in [7, 11) is -4.66. The molecule has 0 aliphatic heterocycles. The van der Waals surface area contributed by atoms with E-state index in [2.05, 4.69) is 10.5 Å². The highest BCUT2D eigenvalue weighted by molar-refractivity contribution is 7.85. The van der Waals surface area contributed by atoms with Gasteiger partial charge in [-0.15, -0.1) is 0 Å². The van der Waals surface area contributed by atoms with Crippen molar-refractivity contribution in [3.8, 4) is 5.75 Å². The largest absolute Gasteiger partial charge is 0.742 e. The van der Waals surface area contributed by atoms with E-state index in [1.165, 1.54) is 6.07 Å². The molecular weight excluding hydrogens is 336 g/mol. The minimum atomic E-state index is -4.66. The van der Waals surface area contributed by atoms with E-state index in [9.17, 15) is 17.8 Å². The highest BCUT2D eigenvalue weighted by Gasteiger charge is 2.07. The van der Waals surface area contributed by atoms with Gasteiger partial charge in [-0.25, -0.2) is 13.8 Å². The number of rotatable bonds is 6. The molecule has 0 fully saturated rings. The van der Waals surface area contributed by atoms with Crippen molar-refractivity contribution in [3.05, 3.63) is 47.2 Å². The molecule has 0 saturated carbocycles. The number of benzene rings is 1. The molecule has 0 radical (unpaired) electrons. The van der Waals surface area contributed by atoms with Crippen LogP contribution >= 0.6 is 0 Å². The molecule has 8 nitrogen and oxygen atoms in total. The van der Waals surface area contributed by atoms with Gasteiger partial charge in [0.25, 0.3) is 5.91 Å². The summed E-state index contributed by atoms with van der Waals surface area (Å²) in [6.45, 7) is 3.59. The number of carbonyl (C=O) groups is 1. The molecular formula is C15H15N2O6S-. The topological polar surface area (TPSA) is 121 Å². The minimum absolute atomic E-state index is 0.0139. The molecule has 0 saturated heterocycles. The van der Waals surface area contributed by atoms with Crippen molar-refractivity contribution in [2.45, 2.75) is 18.9 Å². The number of hydrazone groups is 1. The molecule has 1 aromatic carbocycles. The van der Waals surface area contributed by atoms with E-state index in [-0.39, 0.29) is 12.4 Å². The summed E-state index contributed by atoms with van der Waals surface area (Å²) in [5.41, 5.74) is 4.20. The molecule has 0 aliphatic carbocycles. The van der Waals surface area contributed by atoms with Gasteiger partial charge in [-0.1, -0.05) is 17.7 Å². The number of hydrogen-bond donors (Lipinski definition) is 1. The zero-order chi connectivity index (χ0) is 17.7. The van der Waals surface area contributed by atoms with Crippen LogP contribution in [0.1, 0.15) is 16.9 Å². The quantitative estimate of drug-likeness (QED) is 0.476. The van der Waals surface area contributed by atoms with E-state index in [4.69, 9.17) is 9.15 Å². The van der Waals surface area contributed by atoms with Crippen molar-refractivity contribution in [3.63, 3.8) is 0 Å². The van der Waals surface area contributed by atoms with E-state index in [1.807, 2.05) is 26.0 Å². The van der Waals surface area contributed by atoms with Gasteiger partial charge in [-0.05, 0) is 37.6 Å². The van der Waals surface area contributed by atoms with Crippen molar-refractivity contribution in [1.82, 2.24) is 5.43 Å². The van der Waals surface area contributed by atoms with Crippen molar-refractivity contribution in [2.75, 3.05) is 6.61 Å². The van der Waals surface area contributed by atoms with E-state index >= 15 is 0 Å². The third-order valence-electron chi connectivity index (χ3n) is 2.92. The normalized spacial score (nSPS) is 11.6. The number of carbonyl (C=O) groups excluding carboxylic acids is 1. The first kappa shape index (κ1) is 17.7. The average molecular weight is 351 g/mol. The molecule has 128 valence electrons. The summed E-state index contributed by atoms with van der Waals surface area (Å²) < 4.78 is 42.3. The van der Waals surface area contributed by atoms with Gasteiger partial charge in [0.1, 0.15) is 11.5 Å². The van der Waals surface area contributed by atoms with Crippen LogP contribution in [0.25, 0.3) is 0 Å². The predicted molar refractivity (Wildman–Crippen MR) is 83.8 cm³/mol. The van der Waals surface area contributed by atoms with Crippen molar-refractivity contribution < 1.29 is 26.9 Å². The van der Waals surface area contributed by atoms with Gasteiger partial charge in [-0.2, -0.15) is 5.10 Å². The zero-order valence-corrected chi connectivity index (χ0v) is 13.8. The van der Waals surface area contributed by atoms with Gasteiger partial charge in [0.15, 0.2) is 16.7 Å². The van der Waals surface area contributed by atoms with Gasteiger partial charge in [0.2, 0.25) is 5.09 Å². The van der Waals surface area contributed by atoms with Crippen molar-refractivity contribution >= 4 is 22.2 Å². The number of furan rings is 1. The number of hydrogen-bond acceptors (Lipinski definition) is 7. The molecule has 1 heterocycles. The number of nitrogens with one attached hydrogen (secondary N) is 1. The van der Waals surface area contributed by atoms with Crippen LogP contribution in [0.3, 0.4) is 0 Å². The van der Waals surface area contributed by atoms with Gasteiger partial charge in [0.05, 0.1) is 6.21 Å². The summed E-state index contributed by atoms with van der Waals surface area (Å²) >= 11 is 0. The second kappa shape index (κ2) is 7.28. The third kappa shape index (κ3) is 4.93. The number of ether oxygens (including phenoxy) is 1. The van der Waals surface area contributed by atoms with E-state index < -0.39 is 21.1 Å². The fourth-order valence-electron chi connectivity index (χ4n) is 1.84. The Hall–Kier alpha value is -2.65. The van der Waals surface area contributed by atoms with E-state index in [1.54, 1.807) is 6.07 Å². The van der Waals surface area contributed by atoms with Crippen LogP contribution in [0.5, 0.6) is 5.75 Å². The Labute approximate surface area is 138 Å². The minimum Gasteiger partial charge on any atom is -0.742 e. The van der Waals surface area contributed by atoms with E-state index in [0.29, 0.717) is 5.75 Å². The summed E-state index contributed by atoms with van der Waals surface area (Å²) in [6.07, 6.45) is 1.07. The molecule has 1 N–H and O–H groups in total. The maximum atomic E-state index is 11.6. The Morgan fingerprint density at radius 3 is 2.71 bits per heavy atom. The first-order chi connectivity index (χ1) is 11.3. The standard InChI is InChI=1S/C15H16N2O6S/c1-10-3-5-13(11(2)7-10)22-9-14(18)17-16-8-12-4-6-15(23-12)24(19,20)21/h3-8H,9H2,1-2H3,(H,17,18)(H,19,20,21)/p-1/b16-8-. The monoisotopic (exact) mass is 351 g/mol. The van der Waals surface area contributed by atoms with Crippen LogP contribution in [0, 0.1) is 13.8 Å². The van der Waals surface area contributed by atoms with Crippen LogP contribution in [-0.4, -0.2) is 31.7 Å². The van der Waals surface area contributed by atoms with Crippen molar-refractivity contribution in [1.29, 1.82) is 0 Å². The zero-order valence-electron chi connectivity index (χ0n) is 13.0. The van der Waals surface area contributed by atoms with Gasteiger partial charge >= 0.3 is 0 Å². The molecule has 1 amide bonds. The SMILES string of the molecule is Cc1ccc(OCC(=O)N/N=C\c2ccc(S(=O)(=O)[O-])o2)c(C)c1. The highest BCUT2D eigenvalue weighted by Crippen LogP contribution is 2.18. The number of amides is 1. The molecule has 0 aliphatic rings. The maximum Gasteiger partial charge on any atom is 0.277 e. The second-order valence-corrected chi connectivity index (χ2v) is 6.27. The Morgan fingerprint density at radius 1 is 1.33 bits per heavy atom. The molecule has 1 aromatic heterocycles. The van der Waals surface area contributed by atoms with E-state index in [0.717, 1.165) is 23.4 Å². The Kier molecular flexibility index (Phi) is 5.37. The molecule has 2 rings (SSSR count). The molecule has 0 bridgehead atoms. The maximum absolute atomic E-state index is 11.6. The lowest BCUT2D eigenvalue weighted by atomic mass is 10.1. The smallest absolute Gasteiger partial charge is 0.277 e. The van der Waals surface area contributed by atoms with Crippen LogP contribution in [0.15, 0.2) is 44.9 Å². The molecule has 9 heteroatoms. The average Bonchev–Trinajstić information content (AvgIpc) is 2.95. The van der Waals surface area contributed by atoms with Gasteiger partial charge in [-0.3, -0.25) is 4.79 Å². The molecule has 2 aromatic rings. The van der Waals surface area contributed by atoms with Gasteiger partial charge in [0, 0.05) is 0 Å². The number of nitrogens with zero attached hydrogens (tertiary/aromatic N) is 1. The molecule has 0 spiro atoms. The summed E-state index contributed by atoms with van der Waals surface area (Å²) in [5.74, 6) is 0.102. The Balaban J connectivity index is 1.85. The first-order valence-corrected chi connectivity index (χ1v) is 8.24. The Morgan fingerprint density at radius 2 is 2.08 bits per heavy atom.